The number of sulfonamides is 1. The Hall–Kier alpha value is -1.27. The first kappa shape index (κ1) is 17.1. The average molecular weight is 360 g/mol. The summed E-state index contributed by atoms with van der Waals surface area (Å²) in [5.74, 6) is 0.689. The van der Waals surface area contributed by atoms with Gasteiger partial charge in [0.2, 0.25) is 10.0 Å². The van der Waals surface area contributed by atoms with E-state index in [1.165, 1.54) is 23.5 Å². The molecule has 0 saturated heterocycles. The maximum Gasteiger partial charge on any atom is 0.244 e. The summed E-state index contributed by atoms with van der Waals surface area (Å²) in [5, 5.41) is 0.456. The number of halogens is 2. The average Bonchev–Trinajstić information content (AvgIpc) is 2.50. The Balaban J connectivity index is 2.04. The van der Waals surface area contributed by atoms with Crippen molar-refractivity contribution in [3.05, 3.63) is 58.6 Å². The summed E-state index contributed by atoms with van der Waals surface area (Å²) in [7, 11) is -2.24. The van der Waals surface area contributed by atoms with E-state index >= 15 is 0 Å². The third-order valence-electron chi connectivity index (χ3n) is 3.00. The second kappa shape index (κ2) is 7.33. The van der Waals surface area contributed by atoms with E-state index in [0.29, 0.717) is 10.8 Å². The zero-order valence-electron chi connectivity index (χ0n) is 11.9. The van der Waals surface area contributed by atoms with E-state index in [0.717, 1.165) is 0 Å². The van der Waals surface area contributed by atoms with Gasteiger partial charge in [0.05, 0.1) is 5.02 Å². The van der Waals surface area contributed by atoms with Crippen molar-refractivity contribution < 1.29 is 13.2 Å². The first-order valence-corrected chi connectivity index (χ1v) is 8.70. The molecule has 0 aliphatic heterocycles. The number of ether oxygens (including phenoxy) is 1. The van der Waals surface area contributed by atoms with Crippen LogP contribution >= 0.6 is 23.2 Å². The van der Waals surface area contributed by atoms with Gasteiger partial charge in [-0.15, -0.1) is 0 Å². The quantitative estimate of drug-likeness (QED) is 0.789. The van der Waals surface area contributed by atoms with Gasteiger partial charge in [0, 0.05) is 18.6 Å². The molecule has 2 aromatic rings. The lowest BCUT2D eigenvalue weighted by Crippen LogP contribution is -2.31. The van der Waals surface area contributed by atoms with Gasteiger partial charge in [-0.25, -0.2) is 8.42 Å². The molecule has 22 heavy (non-hydrogen) atoms. The van der Waals surface area contributed by atoms with Crippen LogP contribution in [0.2, 0.25) is 10.0 Å². The molecule has 2 rings (SSSR count). The summed E-state index contributed by atoms with van der Waals surface area (Å²) in [6.07, 6.45) is 0. The Morgan fingerprint density at radius 1 is 1.09 bits per heavy atom. The fourth-order valence-electron chi connectivity index (χ4n) is 1.77. The van der Waals surface area contributed by atoms with Crippen LogP contribution in [-0.4, -0.2) is 32.9 Å². The Labute approximate surface area is 140 Å². The van der Waals surface area contributed by atoms with Gasteiger partial charge >= 0.3 is 0 Å². The normalized spacial score (nSPS) is 11.6. The van der Waals surface area contributed by atoms with Gasteiger partial charge in [-0.1, -0.05) is 41.4 Å². The van der Waals surface area contributed by atoms with Crippen LogP contribution in [0.5, 0.6) is 5.75 Å². The van der Waals surface area contributed by atoms with E-state index in [-0.39, 0.29) is 23.1 Å². The van der Waals surface area contributed by atoms with Gasteiger partial charge in [-0.2, -0.15) is 4.31 Å². The summed E-state index contributed by atoms with van der Waals surface area (Å²) >= 11 is 11.8. The van der Waals surface area contributed by atoms with Gasteiger partial charge in [-0.3, -0.25) is 0 Å². The molecule has 4 nitrogen and oxygen atoms in total. The topological polar surface area (TPSA) is 46.6 Å². The van der Waals surface area contributed by atoms with Crippen LogP contribution in [0.4, 0.5) is 0 Å². The monoisotopic (exact) mass is 359 g/mol. The Morgan fingerprint density at radius 2 is 1.77 bits per heavy atom. The van der Waals surface area contributed by atoms with Crippen molar-refractivity contribution in [3.8, 4) is 5.75 Å². The molecular formula is C15H15Cl2NO3S. The highest BCUT2D eigenvalue weighted by Crippen LogP contribution is 2.27. The minimum atomic E-state index is -3.71. The Morgan fingerprint density at radius 3 is 2.45 bits per heavy atom. The maximum absolute atomic E-state index is 12.5. The molecule has 0 radical (unpaired) electrons. The molecule has 0 heterocycles. The van der Waals surface area contributed by atoms with Gasteiger partial charge in [-0.05, 0) is 30.3 Å². The van der Waals surface area contributed by atoms with E-state index in [1.807, 2.05) is 30.3 Å². The summed E-state index contributed by atoms with van der Waals surface area (Å²) < 4.78 is 31.6. The third kappa shape index (κ3) is 4.14. The molecule has 0 spiro atoms. The molecule has 0 aromatic heterocycles. The Kier molecular flexibility index (Phi) is 5.69. The van der Waals surface area contributed by atoms with Gasteiger partial charge in [0.25, 0.3) is 0 Å². The number of para-hydroxylation sites is 1. The van der Waals surface area contributed by atoms with Crippen molar-refractivity contribution in [2.75, 3.05) is 20.2 Å². The second-order valence-corrected chi connectivity index (χ2v) is 7.42. The van der Waals surface area contributed by atoms with Crippen molar-refractivity contribution in [2.24, 2.45) is 0 Å². The third-order valence-corrected chi connectivity index (χ3v) is 5.57. The molecular weight excluding hydrogens is 345 g/mol. The SMILES string of the molecule is CN(CCOc1ccccc1)S(=O)(=O)c1cc(Cl)ccc1Cl. The Bertz CT molecular complexity index is 736. The lowest BCUT2D eigenvalue weighted by atomic mass is 10.3. The van der Waals surface area contributed by atoms with Crippen LogP contribution in [0, 0.1) is 0 Å². The van der Waals surface area contributed by atoms with Crippen LogP contribution in [0.3, 0.4) is 0 Å². The highest BCUT2D eigenvalue weighted by Gasteiger charge is 2.23. The highest BCUT2D eigenvalue weighted by molar-refractivity contribution is 7.89. The predicted octanol–water partition coefficient (Wildman–Crippen LogP) is 3.69. The fraction of sp³-hybridized carbons (Fsp3) is 0.200. The van der Waals surface area contributed by atoms with E-state index in [9.17, 15) is 8.42 Å². The van der Waals surface area contributed by atoms with Crippen molar-refractivity contribution in [3.63, 3.8) is 0 Å². The fourth-order valence-corrected chi connectivity index (χ4v) is 3.66. The lowest BCUT2D eigenvalue weighted by molar-refractivity contribution is 0.287. The summed E-state index contributed by atoms with van der Waals surface area (Å²) in [4.78, 5) is -0.0103. The summed E-state index contributed by atoms with van der Waals surface area (Å²) in [6.45, 7) is 0.429. The number of nitrogens with zero attached hydrogens (tertiary/aromatic N) is 1. The van der Waals surface area contributed by atoms with Crippen molar-refractivity contribution >= 4 is 33.2 Å². The molecule has 0 fully saturated rings. The summed E-state index contributed by atoms with van der Waals surface area (Å²) in [5.41, 5.74) is 0. The molecule has 0 saturated carbocycles. The first-order chi connectivity index (χ1) is 10.4. The molecule has 2 aromatic carbocycles. The van der Waals surface area contributed by atoms with Crippen molar-refractivity contribution in [1.82, 2.24) is 4.31 Å². The molecule has 0 aliphatic rings. The second-order valence-electron chi connectivity index (χ2n) is 4.56. The zero-order chi connectivity index (χ0) is 16.2. The number of rotatable bonds is 6. The van der Waals surface area contributed by atoms with E-state index in [4.69, 9.17) is 27.9 Å². The van der Waals surface area contributed by atoms with Gasteiger partial charge in [0.1, 0.15) is 17.3 Å². The van der Waals surface area contributed by atoms with Crippen molar-refractivity contribution in [2.45, 2.75) is 4.90 Å². The number of benzene rings is 2. The minimum Gasteiger partial charge on any atom is -0.492 e. The largest absolute Gasteiger partial charge is 0.492 e. The van der Waals surface area contributed by atoms with Crippen LogP contribution in [-0.2, 0) is 10.0 Å². The molecule has 0 unspecified atom stereocenters. The standard InChI is InChI=1S/C15H15Cl2NO3S/c1-18(9-10-21-13-5-3-2-4-6-13)22(19,20)15-11-12(16)7-8-14(15)17/h2-8,11H,9-10H2,1H3. The van der Waals surface area contributed by atoms with Crippen LogP contribution in [0.1, 0.15) is 0 Å². The first-order valence-electron chi connectivity index (χ1n) is 6.50. The maximum atomic E-state index is 12.5. The molecule has 0 bridgehead atoms. The number of hydrogen-bond acceptors (Lipinski definition) is 3. The number of hydrogen-bond donors (Lipinski definition) is 0. The summed E-state index contributed by atoms with van der Waals surface area (Å²) in [6, 6.07) is 13.5. The van der Waals surface area contributed by atoms with Gasteiger partial charge < -0.3 is 4.74 Å². The van der Waals surface area contributed by atoms with Crippen LogP contribution in [0.15, 0.2) is 53.4 Å². The molecule has 0 amide bonds. The van der Waals surface area contributed by atoms with Crippen LogP contribution in [0.25, 0.3) is 0 Å². The zero-order valence-corrected chi connectivity index (χ0v) is 14.2. The minimum absolute atomic E-state index is 0.0103. The molecule has 0 atom stereocenters. The van der Waals surface area contributed by atoms with Crippen molar-refractivity contribution in [1.29, 1.82) is 0 Å². The highest BCUT2D eigenvalue weighted by atomic mass is 35.5. The molecule has 7 heteroatoms. The van der Waals surface area contributed by atoms with E-state index in [2.05, 4.69) is 0 Å². The van der Waals surface area contributed by atoms with E-state index < -0.39 is 10.0 Å². The lowest BCUT2D eigenvalue weighted by Gasteiger charge is -2.18. The van der Waals surface area contributed by atoms with Gasteiger partial charge in [0.15, 0.2) is 0 Å². The molecule has 118 valence electrons. The van der Waals surface area contributed by atoms with Crippen LogP contribution < -0.4 is 4.74 Å². The predicted molar refractivity (Wildman–Crippen MR) is 88.2 cm³/mol. The molecule has 0 N–H and O–H groups in total. The molecule has 0 aliphatic carbocycles. The van der Waals surface area contributed by atoms with E-state index in [1.54, 1.807) is 6.07 Å². The smallest absolute Gasteiger partial charge is 0.244 e. The number of likely N-dealkylation sites (N-methyl/N-ethyl adjacent to an activating group) is 1.